The summed E-state index contributed by atoms with van der Waals surface area (Å²) in [4.78, 5) is 11.5. The van der Waals surface area contributed by atoms with Gasteiger partial charge >= 0.3 is 5.97 Å². The molecule has 2 rings (SSSR count). The van der Waals surface area contributed by atoms with Crippen LogP contribution in [0.3, 0.4) is 0 Å². The molecule has 1 aromatic carbocycles. The second-order valence-corrected chi connectivity index (χ2v) is 3.97. The van der Waals surface area contributed by atoms with E-state index in [1.54, 1.807) is 6.07 Å². The molecule has 0 aliphatic rings. The highest BCUT2D eigenvalue weighted by atomic mass is 16.5. The van der Waals surface area contributed by atoms with Gasteiger partial charge in [0.25, 0.3) is 0 Å². The largest absolute Gasteiger partial charge is 0.464 e. The summed E-state index contributed by atoms with van der Waals surface area (Å²) in [6, 6.07) is 11.8. The van der Waals surface area contributed by atoms with E-state index in [9.17, 15) is 4.79 Å². The van der Waals surface area contributed by atoms with Gasteiger partial charge < -0.3 is 9.30 Å². The normalized spacial score (nSPS) is 10.3. The van der Waals surface area contributed by atoms with E-state index in [1.165, 1.54) is 12.7 Å². The van der Waals surface area contributed by atoms with Crippen molar-refractivity contribution in [2.75, 3.05) is 7.11 Å². The van der Waals surface area contributed by atoms with E-state index in [4.69, 9.17) is 4.74 Å². The summed E-state index contributed by atoms with van der Waals surface area (Å²) < 4.78 is 6.59. The smallest absolute Gasteiger partial charge is 0.354 e. The number of hydrogen-bond acceptors (Lipinski definition) is 2. The zero-order chi connectivity index (χ0) is 12.4. The Bertz CT molecular complexity index is 555. The van der Waals surface area contributed by atoms with Crippen LogP contribution in [0.4, 0.5) is 0 Å². The lowest BCUT2D eigenvalue weighted by Crippen LogP contribution is -2.08. The maximum atomic E-state index is 11.5. The molecule has 0 aliphatic carbocycles. The fourth-order valence-electron chi connectivity index (χ4n) is 1.95. The lowest BCUT2D eigenvalue weighted by atomic mass is 10.1. The van der Waals surface area contributed by atoms with E-state index in [0.29, 0.717) is 5.69 Å². The van der Waals surface area contributed by atoms with Gasteiger partial charge in [0.1, 0.15) is 5.69 Å². The zero-order valence-corrected chi connectivity index (χ0v) is 10.2. The predicted molar refractivity (Wildman–Crippen MR) is 66.9 cm³/mol. The number of ether oxygens (including phenoxy) is 1. The molecule has 0 bridgehead atoms. The second-order valence-electron chi connectivity index (χ2n) is 3.97. The minimum atomic E-state index is -0.313. The molecule has 3 nitrogen and oxygen atoms in total. The standard InChI is InChI=1S/C14H15NO2/c1-10-6-4-5-7-11(10)12-8-9-13(15(12)2)14(16)17-3/h4-9H,1-3H3. The molecule has 0 spiro atoms. The lowest BCUT2D eigenvalue weighted by molar-refractivity contribution is 0.0590. The molecule has 0 amide bonds. The van der Waals surface area contributed by atoms with Gasteiger partial charge in [-0.3, -0.25) is 0 Å². The average Bonchev–Trinajstić information content (AvgIpc) is 2.71. The number of hydrogen-bond donors (Lipinski definition) is 0. The molecule has 2 aromatic rings. The third-order valence-corrected chi connectivity index (χ3v) is 2.94. The summed E-state index contributed by atoms with van der Waals surface area (Å²) in [7, 11) is 3.26. The Kier molecular flexibility index (Phi) is 3.00. The first-order valence-electron chi connectivity index (χ1n) is 5.45. The highest BCUT2D eigenvalue weighted by Crippen LogP contribution is 2.24. The number of rotatable bonds is 2. The minimum absolute atomic E-state index is 0.313. The topological polar surface area (TPSA) is 31.2 Å². The van der Waals surface area contributed by atoms with Crippen molar-refractivity contribution in [3.63, 3.8) is 0 Å². The number of carbonyl (C=O) groups is 1. The maximum absolute atomic E-state index is 11.5. The van der Waals surface area contributed by atoms with Crippen molar-refractivity contribution in [1.82, 2.24) is 4.57 Å². The quantitative estimate of drug-likeness (QED) is 0.741. The van der Waals surface area contributed by atoms with E-state index in [2.05, 4.69) is 13.0 Å². The van der Waals surface area contributed by atoms with Gasteiger partial charge in [0.05, 0.1) is 7.11 Å². The lowest BCUT2D eigenvalue weighted by Gasteiger charge is -2.08. The summed E-state index contributed by atoms with van der Waals surface area (Å²) in [6.45, 7) is 2.06. The average molecular weight is 229 g/mol. The van der Waals surface area contributed by atoms with E-state index in [1.807, 2.05) is 35.9 Å². The molecular formula is C14H15NO2. The van der Waals surface area contributed by atoms with Crippen molar-refractivity contribution in [2.24, 2.45) is 7.05 Å². The molecule has 0 N–H and O–H groups in total. The molecule has 17 heavy (non-hydrogen) atoms. The second kappa shape index (κ2) is 4.45. The number of methoxy groups -OCH3 is 1. The van der Waals surface area contributed by atoms with Crippen molar-refractivity contribution in [3.8, 4) is 11.3 Å². The van der Waals surface area contributed by atoms with Crippen molar-refractivity contribution >= 4 is 5.97 Å². The Balaban J connectivity index is 2.52. The van der Waals surface area contributed by atoms with E-state index >= 15 is 0 Å². The molecule has 1 heterocycles. The van der Waals surface area contributed by atoms with E-state index in [-0.39, 0.29) is 5.97 Å². The van der Waals surface area contributed by atoms with Crippen LogP contribution in [0.15, 0.2) is 36.4 Å². The Labute approximate surface area is 101 Å². The summed E-state index contributed by atoms with van der Waals surface area (Å²) in [6.07, 6.45) is 0. The van der Waals surface area contributed by atoms with E-state index < -0.39 is 0 Å². The van der Waals surface area contributed by atoms with Gasteiger partial charge in [-0.15, -0.1) is 0 Å². The molecule has 0 saturated carbocycles. The molecule has 3 heteroatoms. The molecule has 0 saturated heterocycles. The Morgan fingerprint density at radius 2 is 1.88 bits per heavy atom. The van der Waals surface area contributed by atoms with E-state index in [0.717, 1.165) is 11.3 Å². The highest BCUT2D eigenvalue weighted by Gasteiger charge is 2.14. The van der Waals surface area contributed by atoms with Crippen LogP contribution < -0.4 is 0 Å². The van der Waals surface area contributed by atoms with Crippen LogP contribution in [0.5, 0.6) is 0 Å². The molecule has 0 fully saturated rings. The predicted octanol–water partition coefficient (Wildman–Crippen LogP) is 2.79. The molecule has 88 valence electrons. The summed E-state index contributed by atoms with van der Waals surface area (Å²) in [5.41, 5.74) is 3.89. The van der Waals surface area contributed by atoms with Crippen LogP contribution in [0.2, 0.25) is 0 Å². The molecule has 0 aliphatic heterocycles. The Morgan fingerprint density at radius 3 is 2.53 bits per heavy atom. The third-order valence-electron chi connectivity index (χ3n) is 2.94. The first-order valence-corrected chi connectivity index (χ1v) is 5.45. The minimum Gasteiger partial charge on any atom is -0.464 e. The third kappa shape index (κ3) is 1.96. The fraction of sp³-hybridized carbons (Fsp3) is 0.214. The zero-order valence-electron chi connectivity index (χ0n) is 10.2. The van der Waals surface area contributed by atoms with Gasteiger partial charge in [0.15, 0.2) is 0 Å². The number of aryl methyl sites for hydroxylation is 1. The van der Waals surface area contributed by atoms with Gasteiger partial charge in [-0.25, -0.2) is 4.79 Å². The van der Waals surface area contributed by atoms with Crippen LogP contribution >= 0.6 is 0 Å². The van der Waals surface area contributed by atoms with Gasteiger partial charge in [-0.2, -0.15) is 0 Å². The number of carbonyl (C=O) groups excluding carboxylic acids is 1. The first-order chi connectivity index (χ1) is 8.15. The molecule has 0 unspecified atom stereocenters. The van der Waals surface area contributed by atoms with Crippen LogP contribution in [0.25, 0.3) is 11.3 Å². The van der Waals surface area contributed by atoms with Crippen LogP contribution in [-0.2, 0) is 11.8 Å². The summed E-state index contributed by atoms with van der Waals surface area (Å²) >= 11 is 0. The van der Waals surface area contributed by atoms with Crippen LogP contribution in [-0.4, -0.2) is 17.6 Å². The molecule has 0 atom stereocenters. The SMILES string of the molecule is COC(=O)c1ccc(-c2ccccc2C)n1C. The summed E-state index contributed by atoms with van der Waals surface area (Å²) in [5.74, 6) is -0.313. The van der Waals surface area contributed by atoms with Crippen LogP contribution in [0.1, 0.15) is 16.1 Å². The molecule has 0 radical (unpaired) electrons. The van der Waals surface area contributed by atoms with Gasteiger partial charge in [-0.1, -0.05) is 24.3 Å². The van der Waals surface area contributed by atoms with Crippen molar-refractivity contribution in [3.05, 3.63) is 47.7 Å². The monoisotopic (exact) mass is 229 g/mol. The number of nitrogens with zero attached hydrogens (tertiary/aromatic N) is 1. The number of aromatic nitrogens is 1. The van der Waals surface area contributed by atoms with Gasteiger partial charge in [0, 0.05) is 18.3 Å². The first kappa shape index (κ1) is 11.5. The van der Waals surface area contributed by atoms with Gasteiger partial charge in [-0.05, 0) is 24.6 Å². The Hall–Kier alpha value is -2.03. The van der Waals surface area contributed by atoms with Crippen molar-refractivity contribution < 1.29 is 9.53 Å². The van der Waals surface area contributed by atoms with Crippen LogP contribution in [0, 0.1) is 6.92 Å². The van der Waals surface area contributed by atoms with Crippen molar-refractivity contribution in [1.29, 1.82) is 0 Å². The van der Waals surface area contributed by atoms with Gasteiger partial charge in [0.2, 0.25) is 0 Å². The van der Waals surface area contributed by atoms with Crippen molar-refractivity contribution in [2.45, 2.75) is 6.92 Å². The highest BCUT2D eigenvalue weighted by molar-refractivity contribution is 5.89. The Morgan fingerprint density at radius 1 is 1.18 bits per heavy atom. The number of benzene rings is 1. The maximum Gasteiger partial charge on any atom is 0.354 e. The molecule has 1 aromatic heterocycles. The molecular weight excluding hydrogens is 214 g/mol. The fourth-order valence-corrected chi connectivity index (χ4v) is 1.95. The number of esters is 1. The summed E-state index contributed by atoms with van der Waals surface area (Å²) in [5, 5.41) is 0.